The number of ether oxygens (including phenoxy) is 2. The molecule has 0 saturated heterocycles. The van der Waals surface area contributed by atoms with E-state index >= 15 is 0 Å². The highest BCUT2D eigenvalue weighted by atomic mass is 16.5. The molecule has 0 amide bonds. The molecule has 0 aliphatic heterocycles. The second-order valence-corrected chi connectivity index (χ2v) is 4.99. The summed E-state index contributed by atoms with van der Waals surface area (Å²) in [5.41, 5.74) is 5.68. The molecule has 19 heavy (non-hydrogen) atoms. The van der Waals surface area contributed by atoms with Crippen molar-refractivity contribution in [1.29, 1.82) is 0 Å². The fraction of sp³-hybridized carbons (Fsp3) is 0.750. The van der Waals surface area contributed by atoms with Crippen molar-refractivity contribution in [2.24, 2.45) is 5.41 Å². The summed E-state index contributed by atoms with van der Waals surface area (Å²) in [5.74, 6) is 0.581. The maximum absolute atomic E-state index is 5.61. The summed E-state index contributed by atoms with van der Waals surface area (Å²) >= 11 is 0. The quantitative estimate of drug-likeness (QED) is 0.735. The Balaban J connectivity index is 2.61. The van der Waals surface area contributed by atoms with Crippen LogP contribution in [0.25, 0.3) is 0 Å². The lowest BCUT2D eigenvalue weighted by Gasteiger charge is -2.24. The molecule has 1 heterocycles. The van der Waals surface area contributed by atoms with Gasteiger partial charge in [-0.05, 0) is 18.8 Å². The largest absolute Gasteiger partial charge is 0.464 e. The zero-order valence-corrected chi connectivity index (χ0v) is 12.1. The molecule has 3 N–H and O–H groups in total. The predicted octanol–water partition coefficient (Wildman–Crippen LogP) is 1.33. The van der Waals surface area contributed by atoms with Gasteiger partial charge in [-0.1, -0.05) is 13.8 Å². The molecule has 0 atom stereocenters. The van der Waals surface area contributed by atoms with Crippen molar-refractivity contribution in [1.82, 2.24) is 15.0 Å². The van der Waals surface area contributed by atoms with Gasteiger partial charge in [0.05, 0.1) is 6.61 Å². The van der Waals surface area contributed by atoms with E-state index in [0.29, 0.717) is 19.1 Å². The molecule has 0 fully saturated rings. The third-order valence-corrected chi connectivity index (χ3v) is 2.61. The highest BCUT2D eigenvalue weighted by molar-refractivity contribution is 5.32. The van der Waals surface area contributed by atoms with Gasteiger partial charge in [0.2, 0.25) is 11.9 Å². The van der Waals surface area contributed by atoms with Crippen molar-refractivity contribution in [2.45, 2.75) is 27.2 Å². The number of nitrogens with two attached hydrogens (primary N) is 1. The van der Waals surface area contributed by atoms with Gasteiger partial charge in [0, 0.05) is 20.3 Å². The van der Waals surface area contributed by atoms with Crippen LogP contribution >= 0.6 is 0 Å². The lowest BCUT2D eigenvalue weighted by molar-refractivity contribution is 0.157. The molecule has 7 heteroatoms. The molecule has 0 radical (unpaired) electrons. The summed E-state index contributed by atoms with van der Waals surface area (Å²) in [4.78, 5) is 12.1. The number of hydrogen-bond donors (Lipinski definition) is 2. The predicted molar refractivity (Wildman–Crippen MR) is 74.2 cm³/mol. The van der Waals surface area contributed by atoms with Gasteiger partial charge in [0.1, 0.15) is 0 Å². The standard InChI is InChI=1S/C12H23N5O2/c1-5-19-11-16-9(13)15-10(17-11)14-8-12(2,3)6-7-18-4/h5-8H2,1-4H3,(H3,13,14,15,16,17). The molecule has 1 aromatic rings. The molecule has 0 aliphatic carbocycles. The normalized spacial score (nSPS) is 11.4. The summed E-state index contributed by atoms with van der Waals surface area (Å²) in [6.45, 7) is 8.08. The molecule has 1 aromatic heterocycles. The van der Waals surface area contributed by atoms with Crippen molar-refractivity contribution >= 4 is 11.9 Å². The lowest BCUT2D eigenvalue weighted by atomic mass is 9.90. The van der Waals surface area contributed by atoms with E-state index in [1.165, 1.54) is 0 Å². The van der Waals surface area contributed by atoms with Gasteiger partial charge < -0.3 is 20.5 Å². The molecule has 7 nitrogen and oxygen atoms in total. The van der Waals surface area contributed by atoms with Crippen molar-refractivity contribution in [3.8, 4) is 6.01 Å². The minimum Gasteiger partial charge on any atom is -0.464 e. The molecule has 108 valence electrons. The van der Waals surface area contributed by atoms with E-state index < -0.39 is 0 Å². The van der Waals surface area contributed by atoms with E-state index in [0.717, 1.165) is 13.0 Å². The first kappa shape index (κ1) is 15.4. The van der Waals surface area contributed by atoms with E-state index in [1.807, 2.05) is 6.92 Å². The van der Waals surface area contributed by atoms with Crippen LogP contribution in [0.4, 0.5) is 11.9 Å². The number of nitrogens with zero attached hydrogens (tertiary/aromatic N) is 3. The average Bonchev–Trinajstić information content (AvgIpc) is 2.34. The molecule has 0 bridgehead atoms. The Morgan fingerprint density at radius 3 is 2.63 bits per heavy atom. The number of nitrogen functional groups attached to an aromatic ring is 1. The average molecular weight is 269 g/mol. The van der Waals surface area contributed by atoms with Gasteiger partial charge in [-0.3, -0.25) is 0 Å². The summed E-state index contributed by atoms with van der Waals surface area (Å²) in [6.07, 6.45) is 0.940. The van der Waals surface area contributed by atoms with Crippen molar-refractivity contribution in [3.05, 3.63) is 0 Å². The SMILES string of the molecule is CCOc1nc(N)nc(NCC(C)(C)CCOC)n1. The van der Waals surface area contributed by atoms with Crippen LogP contribution < -0.4 is 15.8 Å². The second-order valence-electron chi connectivity index (χ2n) is 4.99. The smallest absolute Gasteiger partial charge is 0.323 e. The van der Waals surface area contributed by atoms with Crippen LogP contribution in [-0.4, -0.2) is 41.8 Å². The van der Waals surface area contributed by atoms with Crippen LogP contribution in [0.2, 0.25) is 0 Å². The van der Waals surface area contributed by atoms with Gasteiger partial charge >= 0.3 is 6.01 Å². The zero-order valence-electron chi connectivity index (χ0n) is 12.1. The molecule has 0 saturated carbocycles. The highest BCUT2D eigenvalue weighted by Gasteiger charge is 2.18. The topological polar surface area (TPSA) is 95.2 Å². The summed E-state index contributed by atoms with van der Waals surface area (Å²) < 4.78 is 10.3. The van der Waals surface area contributed by atoms with E-state index in [4.69, 9.17) is 15.2 Å². The Morgan fingerprint density at radius 2 is 2.00 bits per heavy atom. The lowest BCUT2D eigenvalue weighted by Crippen LogP contribution is -2.25. The Kier molecular flexibility index (Phi) is 5.75. The van der Waals surface area contributed by atoms with E-state index in [2.05, 4.69) is 34.1 Å². The monoisotopic (exact) mass is 269 g/mol. The Hall–Kier alpha value is -1.63. The van der Waals surface area contributed by atoms with E-state index in [1.54, 1.807) is 7.11 Å². The molecule has 0 aliphatic rings. The summed E-state index contributed by atoms with van der Waals surface area (Å²) in [6, 6.07) is 0.243. The molecule has 0 unspecified atom stereocenters. The number of aromatic nitrogens is 3. The van der Waals surface area contributed by atoms with Crippen LogP contribution in [0.3, 0.4) is 0 Å². The van der Waals surface area contributed by atoms with Crippen LogP contribution in [0, 0.1) is 5.41 Å². The van der Waals surface area contributed by atoms with Gasteiger partial charge in [0.25, 0.3) is 0 Å². The Bertz CT molecular complexity index is 398. The highest BCUT2D eigenvalue weighted by Crippen LogP contribution is 2.20. The third kappa shape index (κ3) is 5.69. The Labute approximate surface area is 113 Å². The van der Waals surface area contributed by atoms with Crippen molar-refractivity contribution in [3.63, 3.8) is 0 Å². The minimum absolute atomic E-state index is 0.0726. The molecular weight excluding hydrogens is 246 g/mol. The molecule has 1 rings (SSSR count). The summed E-state index contributed by atoms with van der Waals surface area (Å²) in [7, 11) is 1.70. The first-order valence-electron chi connectivity index (χ1n) is 6.34. The summed E-state index contributed by atoms with van der Waals surface area (Å²) in [5, 5.41) is 3.16. The first-order chi connectivity index (χ1) is 8.96. The number of rotatable bonds is 8. The van der Waals surface area contributed by atoms with Crippen LogP contribution in [-0.2, 0) is 4.74 Å². The van der Waals surface area contributed by atoms with Crippen LogP contribution in [0.1, 0.15) is 27.2 Å². The number of hydrogen-bond acceptors (Lipinski definition) is 7. The molecule has 0 aromatic carbocycles. The number of methoxy groups -OCH3 is 1. The van der Waals surface area contributed by atoms with E-state index in [9.17, 15) is 0 Å². The van der Waals surface area contributed by atoms with Crippen molar-refractivity contribution in [2.75, 3.05) is 37.9 Å². The fourth-order valence-corrected chi connectivity index (χ4v) is 1.43. The van der Waals surface area contributed by atoms with Gasteiger partial charge in [-0.25, -0.2) is 0 Å². The fourth-order valence-electron chi connectivity index (χ4n) is 1.43. The van der Waals surface area contributed by atoms with Crippen LogP contribution in [0.15, 0.2) is 0 Å². The molecule has 0 spiro atoms. The van der Waals surface area contributed by atoms with Gasteiger partial charge in [-0.15, -0.1) is 0 Å². The maximum atomic E-state index is 5.61. The van der Waals surface area contributed by atoms with Gasteiger partial charge in [-0.2, -0.15) is 15.0 Å². The number of nitrogens with one attached hydrogen (secondary N) is 1. The molecular formula is C12H23N5O2. The second kappa shape index (κ2) is 7.08. The first-order valence-corrected chi connectivity index (χ1v) is 6.34. The Morgan fingerprint density at radius 1 is 1.26 bits per heavy atom. The van der Waals surface area contributed by atoms with Crippen molar-refractivity contribution < 1.29 is 9.47 Å². The zero-order chi connectivity index (χ0) is 14.3. The van der Waals surface area contributed by atoms with Crippen LogP contribution in [0.5, 0.6) is 6.01 Å². The third-order valence-electron chi connectivity index (χ3n) is 2.61. The minimum atomic E-state index is 0.0726. The maximum Gasteiger partial charge on any atom is 0.323 e. The van der Waals surface area contributed by atoms with Gasteiger partial charge in [0.15, 0.2) is 0 Å². The van der Waals surface area contributed by atoms with E-state index in [-0.39, 0.29) is 17.4 Å². The number of anilines is 2.